The van der Waals surface area contributed by atoms with Crippen molar-refractivity contribution in [3.8, 4) is 11.1 Å². The zero-order chi connectivity index (χ0) is 24.6. The molecule has 1 fully saturated rings. The summed E-state index contributed by atoms with van der Waals surface area (Å²) in [4.78, 5) is 13.5. The summed E-state index contributed by atoms with van der Waals surface area (Å²) in [5.41, 5.74) is 7.68. The molecule has 1 amide bonds. The normalized spacial score (nSPS) is 25.6. The van der Waals surface area contributed by atoms with Gasteiger partial charge in [0.15, 0.2) is 0 Å². The summed E-state index contributed by atoms with van der Waals surface area (Å²) in [6, 6.07) is 25.4. The Morgan fingerprint density at radius 1 is 0.971 bits per heavy atom. The topological polar surface area (TPSA) is 29.1 Å². The number of fused-ring (bicyclic) bond motifs is 3. The fraction of sp³-hybridized carbons (Fsp3) is 0.424. The summed E-state index contributed by atoms with van der Waals surface area (Å²) < 4.78 is 0. The minimum atomic E-state index is 0.0382. The van der Waals surface area contributed by atoms with Gasteiger partial charge in [0.25, 0.3) is 5.91 Å². The van der Waals surface area contributed by atoms with Crippen molar-refractivity contribution in [1.82, 2.24) is 5.32 Å². The van der Waals surface area contributed by atoms with E-state index in [9.17, 15) is 4.79 Å². The summed E-state index contributed by atoms with van der Waals surface area (Å²) in [7, 11) is 0. The smallest absolute Gasteiger partial charge is 0.251 e. The van der Waals surface area contributed by atoms with E-state index in [-0.39, 0.29) is 16.7 Å². The Kier molecular flexibility index (Phi) is 6.34. The Bertz CT molecular complexity index is 1210. The van der Waals surface area contributed by atoms with Crippen molar-refractivity contribution in [2.24, 2.45) is 11.3 Å². The van der Waals surface area contributed by atoms with Crippen LogP contribution in [0.1, 0.15) is 86.3 Å². The lowest BCUT2D eigenvalue weighted by Crippen LogP contribution is -2.53. The summed E-state index contributed by atoms with van der Waals surface area (Å²) >= 11 is 0. The molecule has 2 aliphatic rings. The number of benzene rings is 3. The van der Waals surface area contributed by atoms with Gasteiger partial charge in [-0.05, 0) is 82.2 Å². The van der Waals surface area contributed by atoms with Crippen LogP contribution in [0.5, 0.6) is 0 Å². The van der Waals surface area contributed by atoms with Crippen LogP contribution in [0, 0.1) is 11.3 Å². The third-order valence-corrected chi connectivity index (χ3v) is 9.08. The molecule has 0 bridgehead atoms. The van der Waals surface area contributed by atoms with Crippen molar-refractivity contribution in [1.29, 1.82) is 0 Å². The molecule has 2 aliphatic carbocycles. The molecule has 2 nitrogen and oxygen atoms in total. The van der Waals surface area contributed by atoms with Crippen molar-refractivity contribution in [3.63, 3.8) is 0 Å². The average molecular weight is 466 g/mol. The van der Waals surface area contributed by atoms with Gasteiger partial charge in [-0.15, -0.1) is 0 Å². The minimum absolute atomic E-state index is 0.0382. The fourth-order valence-electron chi connectivity index (χ4n) is 7.11. The molecule has 3 atom stereocenters. The highest BCUT2D eigenvalue weighted by Gasteiger charge is 2.51. The van der Waals surface area contributed by atoms with Crippen LogP contribution < -0.4 is 5.32 Å². The van der Waals surface area contributed by atoms with E-state index in [0.29, 0.717) is 11.8 Å². The molecule has 0 aromatic heterocycles. The highest BCUT2D eigenvalue weighted by Crippen LogP contribution is 2.57. The molecule has 0 heterocycles. The van der Waals surface area contributed by atoms with Gasteiger partial charge in [-0.2, -0.15) is 0 Å². The average Bonchev–Trinajstić information content (AvgIpc) is 2.87. The fourth-order valence-corrected chi connectivity index (χ4v) is 7.11. The van der Waals surface area contributed by atoms with E-state index in [1.165, 1.54) is 31.2 Å². The monoisotopic (exact) mass is 465 g/mol. The molecule has 0 spiro atoms. The maximum atomic E-state index is 13.5. The zero-order valence-electron chi connectivity index (χ0n) is 21.7. The maximum absolute atomic E-state index is 13.5. The van der Waals surface area contributed by atoms with Gasteiger partial charge in [0, 0.05) is 12.1 Å². The van der Waals surface area contributed by atoms with Crippen LogP contribution in [-0.4, -0.2) is 12.5 Å². The molecule has 1 saturated carbocycles. The molecule has 0 radical (unpaired) electrons. The van der Waals surface area contributed by atoms with E-state index in [1.807, 2.05) is 42.5 Å². The Hall–Kier alpha value is -2.87. The van der Waals surface area contributed by atoms with Crippen LogP contribution >= 0.6 is 0 Å². The second kappa shape index (κ2) is 9.30. The molecule has 5 rings (SSSR count). The van der Waals surface area contributed by atoms with Gasteiger partial charge >= 0.3 is 0 Å². The van der Waals surface area contributed by atoms with Gasteiger partial charge in [-0.1, -0.05) is 101 Å². The number of carbonyl (C=O) groups is 1. The van der Waals surface area contributed by atoms with Gasteiger partial charge in [0.05, 0.1) is 0 Å². The molecule has 0 unspecified atom stereocenters. The van der Waals surface area contributed by atoms with Crippen LogP contribution in [0.3, 0.4) is 0 Å². The molecule has 35 heavy (non-hydrogen) atoms. The van der Waals surface area contributed by atoms with Gasteiger partial charge in [-0.25, -0.2) is 0 Å². The second-order valence-electron chi connectivity index (χ2n) is 11.7. The molecule has 182 valence electrons. The molecule has 2 heteroatoms. The number of nitrogens with one attached hydrogen (secondary N) is 1. The van der Waals surface area contributed by atoms with Crippen LogP contribution in [0.15, 0.2) is 72.8 Å². The van der Waals surface area contributed by atoms with E-state index < -0.39 is 0 Å². The summed E-state index contributed by atoms with van der Waals surface area (Å²) in [5.74, 6) is 1.16. The van der Waals surface area contributed by atoms with Crippen molar-refractivity contribution in [2.75, 3.05) is 6.54 Å². The van der Waals surface area contributed by atoms with Crippen molar-refractivity contribution in [2.45, 2.75) is 71.1 Å². The van der Waals surface area contributed by atoms with Crippen LogP contribution in [-0.2, 0) is 11.8 Å². The van der Waals surface area contributed by atoms with Gasteiger partial charge in [-0.3, -0.25) is 4.79 Å². The quantitative estimate of drug-likeness (QED) is 0.407. The lowest BCUT2D eigenvalue weighted by molar-refractivity contribution is 0.0254. The van der Waals surface area contributed by atoms with E-state index in [2.05, 4.69) is 63.3 Å². The van der Waals surface area contributed by atoms with Crippen LogP contribution in [0.25, 0.3) is 11.1 Å². The van der Waals surface area contributed by atoms with E-state index in [0.717, 1.165) is 29.7 Å². The van der Waals surface area contributed by atoms with Gasteiger partial charge in [0.1, 0.15) is 0 Å². The lowest BCUT2D eigenvalue weighted by Gasteiger charge is -2.55. The van der Waals surface area contributed by atoms with Crippen LogP contribution in [0.4, 0.5) is 0 Å². The Morgan fingerprint density at radius 2 is 1.71 bits per heavy atom. The first-order valence-electron chi connectivity index (χ1n) is 13.4. The van der Waals surface area contributed by atoms with Gasteiger partial charge in [0.2, 0.25) is 0 Å². The first-order valence-corrected chi connectivity index (χ1v) is 13.4. The molecule has 0 saturated heterocycles. The maximum Gasteiger partial charge on any atom is 0.251 e. The number of hydrogen-bond acceptors (Lipinski definition) is 1. The highest BCUT2D eigenvalue weighted by atomic mass is 16.1. The zero-order valence-corrected chi connectivity index (χ0v) is 21.7. The Morgan fingerprint density at radius 3 is 2.49 bits per heavy atom. The second-order valence-corrected chi connectivity index (χ2v) is 11.7. The van der Waals surface area contributed by atoms with E-state index in [4.69, 9.17) is 0 Å². The summed E-state index contributed by atoms with van der Waals surface area (Å²) in [6.07, 6.45) is 5.98. The molecule has 3 aromatic carbocycles. The standard InChI is InChI=1S/C33H39NO/c1-23(2)26-16-15-25-17-18-30-32(3,19-10-20-33(30,4)29(25)21-26)22-34-31(35)28-14-9-8-13-27(28)24-11-6-5-7-12-24/h5-9,11-16,21,23,30H,10,17-20,22H2,1-4H3,(H,34,35)/t30-,32-,33+/m0/s1. The predicted octanol–water partition coefficient (Wildman–Crippen LogP) is 7.92. The predicted molar refractivity (Wildman–Crippen MR) is 146 cm³/mol. The van der Waals surface area contributed by atoms with Gasteiger partial charge < -0.3 is 5.32 Å². The summed E-state index contributed by atoms with van der Waals surface area (Å²) in [6.45, 7) is 10.2. The minimum Gasteiger partial charge on any atom is -0.351 e. The molecular formula is C33H39NO. The number of rotatable bonds is 5. The number of carbonyl (C=O) groups excluding carboxylic acids is 1. The Labute approximate surface area is 211 Å². The van der Waals surface area contributed by atoms with Crippen molar-refractivity contribution >= 4 is 5.91 Å². The largest absolute Gasteiger partial charge is 0.351 e. The van der Waals surface area contributed by atoms with Crippen molar-refractivity contribution < 1.29 is 4.79 Å². The number of amides is 1. The number of aryl methyl sites for hydroxylation is 1. The van der Waals surface area contributed by atoms with E-state index >= 15 is 0 Å². The first kappa shape index (κ1) is 23.9. The SMILES string of the molecule is CC(C)c1ccc2c(c1)[C@@]1(C)CCC[C@@](C)(CNC(=O)c3ccccc3-c3ccccc3)[C@@H]1CC2. The summed E-state index contributed by atoms with van der Waals surface area (Å²) in [5, 5.41) is 3.38. The Balaban J connectivity index is 1.40. The molecule has 1 N–H and O–H groups in total. The molecular weight excluding hydrogens is 426 g/mol. The third-order valence-electron chi connectivity index (χ3n) is 9.08. The van der Waals surface area contributed by atoms with Crippen molar-refractivity contribution in [3.05, 3.63) is 95.1 Å². The number of hydrogen-bond donors (Lipinski definition) is 1. The lowest BCUT2D eigenvalue weighted by atomic mass is 9.49. The molecule has 3 aromatic rings. The first-order chi connectivity index (χ1) is 16.8. The van der Waals surface area contributed by atoms with E-state index in [1.54, 1.807) is 11.1 Å². The highest BCUT2D eigenvalue weighted by molar-refractivity contribution is 6.00. The third kappa shape index (κ3) is 4.33. The molecule has 0 aliphatic heterocycles. The van der Waals surface area contributed by atoms with Crippen LogP contribution in [0.2, 0.25) is 0 Å².